The summed E-state index contributed by atoms with van der Waals surface area (Å²) in [6, 6.07) is 16.5. The summed E-state index contributed by atoms with van der Waals surface area (Å²) < 4.78 is 6.73. The van der Waals surface area contributed by atoms with Crippen molar-refractivity contribution in [3.63, 3.8) is 0 Å². The highest BCUT2D eigenvalue weighted by molar-refractivity contribution is 14.1. The summed E-state index contributed by atoms with van der Waals surface area (Å²) in [5, 5.41) is 2.52. The van der Waals surface area contributed by atoms with Crippen molar-refractivity contribution < 1.29 is 4.42 Å². The second-order valence-electron chi connectivity index (χ2n) is 3.62. The highest BCUT2D eigenvalue weighted by atomic mass is 127. The van der Waals surface area contributed by atoms with Crippen LogP contribution in [-0.2, 0) is 0 Å². The molecule has 78 valence electrons. The molecule has 0 saturated carbocycles. The molecule has 0 unspecified atom stereocenters. The van der Waals surface area contributed by atoms with E-state index in [9.17, 15) is 0 Å². The van der Waals surface area contributed by atoms with Crippen LogP contribution in [0.5, 0.6) is 0 Å². The first-order valence-corrected chi connectivity index (χ1v) is 6.15. The van der Waals surface area contributed by atoms with E-state index in [0.29, 0.717) is 0 Å². The molecule has 2 aromatic carbocycles. The highest BCUT2D eigenvalue weighted by Crippen LogP contribution is 2.31. The van der Waals surface area contributed by atoms with Crippen LogP contribution in [-0.4, -0.2) is 0 Å². The molecule has 0 aliphatic heterocycles. The fraction of sp³-hybridized carbons (Fsp3) is 0. The Morgan fingerprint density at radius 2 is 1.69 bits per heavy atom. The minimum absolute atomic E-state index is 0.926. The van der Waals surface area contributed by atoms with Crippen molar-refractivity contribution in [1.82, 2.24) is 0 Å². The molecule has 1 aromatic heterocycles. The van der Waals surface area contributed by atoms with E-state index in [0.717, 1.165) is 11.3 Å². The Morgan fingerprint density at radius 3 is 2.44 bits per heavy atom. The molecule has 0 N–H and O–H groups in total. The lowest BCUT2D eigenvalue weighted by molar-refractivity contribution is 0.583. The third kappa shape index (κ3) is 1.53. The molecule has 1 nitrogen and oxygen atoms in total. The van der Waals surface area contributed by atoms with E-state index in [2.05, 4.69) is 59.0 Å². The standard InChI is InChI=1S/C14H9IO/c15-12-7-2-5-10-4-1-6-11(14(10)12)13-8-3-9-16-13/h1-9H. The minimum atomic E-state index is 0.926. The summed E-state index contributed by atoms with van der Waals surface area (Å²) in [5.41, 5.74) is 1.16. The summed E-state index contributed by atoms with van der Waals surface area (Å²) in [5.74, 6) is 0.926. The number of fused-ring (bicyclic) bond motifs is 1. The molecular formula is C14H9IO. The van der Waals surface area contributed by atoms with Crippen LogP contribution >= 0.6 is 22.6 Å². The van der Waals surface area contributed by atoms with Gasteiger partial charge >= 0.3 is 0 Å². The van der Waals surface area contributed by atoms with E-state index in [-0.39, 0.29) is 0 Å². The first-order valence-electron chi connectivity index (χ1n) is 5.07. The zero-order chi connectivity index (χ0) is 11.0. The molecule has 0 radical (unpaired) electrons. The van der Waals surface area contributed by atoms with E-state index in [4.69, 9.17) is 4.42 Å². The number of halogens is 1. The SMILES string of the molecule is Ic1cccc2cccc(-c3ccco3)c12. The third-order valence-corrected chi connectivity index (χ3v) is 3.54. The molecule has 16 heavy (non-hydrogen) atoms. The van der Waals surface area contributed by atoms with Crippen LogP contribution in [0.2, 0.25) is 0 Å². The van der Waals surface area contributed by atoms with Gasteiger partial charge in [0, 0.05) is 14.5 Å². The first-order chi connectivity index (χ1) is 7.86. The molecule has 0 saturated heterocycles. The lowest BCUT2D eigenvalue weighted by Gasteiger charge is -2.05. The predicted molar refractivity (Wildman–Crippen MR) is 74.4 cm³/mol. The van der Waals surface area contributed by atoms with Gasteiger partial charge in [-0.1, -0.05) is 30.3 Å². The molecule has 1 heterocycles. The molecule has 0 fully saturated rings. The fourth-order valence-corrected chi connectivity index (χ4v) is 2.74. The van der Waals surface area contributed by atoms with Gasteiger partial charge in [-0.15, -0.1) is 0 Å². The van der Waals surface area contributed by atoms with Crippen molar-refractivity contribution >= 4 is 33.4 Å². The van der Waals surface area contributed by atoms with Gasteiger partial charge in [-0.2, -0.15) is 0 Å². The second-order valence-corrected chi connectivity index (χ2v) is 4.78. The summed E-state index contributed by atoms with van der Waals surface area (Å²) in [7, 11) is 0. The van der Waals surface area contributed by atoms with Gasteiger partial charge in [0.05, 0.1) is 6.26 Å². The normalized spacial score (nSPS) is 10.8. The maximum atomic E-state index is 5.48. The minimum Gasteiger partial charge on any atom is -0.464 e. The Bertz CT molecular complexity index is 621. The van der Waals surface area contributed by atoms with Gasteiger partial charge in [0.2, 0.25) is 0 Å². The summed E-state index contributed by atoms with van der Waals surface area (Å²) in [4.78, 5) is 0. The average molecular weight is 320 g/mol. The zero-order valence-corrected chi connectivity index (χ0v) is 10.6. The van der Waals surface area contributed by atoms with Crippen LogP contribution in [0.15, 0.2) is 59.2 Å². The van der Waals surface area contributed by atoms with Crippen molar-refractivity contribution in [2.75, 3.05) is 0 Å². The third-order valence-electron chi connectivity index (χ3n) is 2.64. The number of hydrogen-bond donors (Lipinski definition) is 0. The largest absolute Gasteiger partial charge is 0.464 e. The van der Waals surface area contributed by atoms with Crippen molar-refractivity contribution in [1.29, 1.82) is 0 Å². The Hall–Kier alpha value is -1.29. The van der Waals surface area contributed by atoms with Gasteiger partial charge in [0.15, 0.2) is 0 Å². The zero-order valence-electron chi connectivity index (χ0n) is 8.48. The monoisotopic (exact) mass is 320 g/mol. The first kappa shape index (κ1) is 9.90. The Morgan fingerprint density at radius 1 is 0.875 bits per heavy atom. The fourth-order valence-electron chi connectivity index (χ4n) is 1.93. The molecular weight excluding hydrogens is 311 g/mol. The Balaban J connectivity index is 2.41. The van der Waals surface area contributed by atoms with Crippen molar-refractivity contribution in [2.45, 2.75) is 0 Å². The number of benzene rings is 2. The molecule has 3 aromatic rings. The van der Waals surface area contributed by atoms with Crippen LogP contribution in [0.25, 0.3) is 22.1 Å². The van der Waals surface area contributed by atoms with E-state index in [1.54, 1.807) is 6.26 Å². The molecule has 2 heteroatoms. The van der Waals surface area contributed by atoms with Crippen molar-refractivity contribution in [3.05, 3.63) is 58.4 Å². The van der Waals surface area contributed by atoms with Crippen LogP contribution in [0.3, 0.4) is 0 Å². The predicted octanol–water partition coefficient (Wildman–Crippen LogP) is 4.70. The Labute approximate surface area is 107 Å². The molecule has 0 amide bonds. The molecule has 3 rings (SSSR count). The maximum absolute atomic E-state index is 5.48. The second kappa shape index (κ2) is 3.94. The maximum Gasteiger partial charge on any atom is 0.134 e. The van der Waals surface area contributed by atoms with Gasteiger partial charge in [-0.3, -0.25) is 0 Å². The van der Waals surface area contributed by atoms with Gasteiger partial charge in [-0.25, -0.2) is 0 Å². The lowest BCUT2D eigenvalue weighted by Crippen LogP contribution is -1.82. The molecule has 0 bridgehead atoms. The van der Waals surface area contributed by atoms with Gasteiger partial charge in [0.25, 0.3) is 0 Å². The number of furan rings is 1. The smallest absolute Gasteiger partial charge is 0.134 e. The quantitative estimate of drug-likeness (QED) is 0.592. The van der Waals surface area contributed by atoms with Crippen LogP contribution in [0, 0.1) is 3.57 Å². The topological polar surface area (TPSA) is 13.1 Å². The molecule has 0 aliphatic rings. The van der Waals surface area contributed by atoms with Crippen LogP contribution in [0.4, 0.5) is 0 Å². The van der Waals surface area contributed by atoms with E-state index in [1.807, 2.05) is 12.1 Å². The average Bonchev–Trinajstić information content (AvgIpc) is 2.82. The van der Waals surface area contributed by atoms with E-state index >= 15 is 0 Å². The van der Waals surface area contributed by atoms with Crippen LogP contribution in [0.1, 0.15) is 0 Å². The molecule has 0 spiro atoms. The number of hydrogen-bond acceptors (Lipinski definition) is 1. The molecule has 0 aliphatic carbocycles. The van der Waals surface area contributed by atoms with Gasteiger partial charge in [-0.05, 0) is 46.2 Å². The van der Waals surface area contributed by atoms with Gasteiger partial charge in [0.1, 0.15) is 5.76 Å². The van der Waals surface area contributed by atoms with Crippen molar-refractivity contribution in [3.8, 4) is 11.3 Å². The van der Waals surface area contributed by atoms with Crippen LogP contribution < -0.4 is 0 Å². The molecule has 0 atom stereocenters. The Kier molecular flexibility index (Phi) is 2.44. The lowest BCUT2D eigenvalue weighted by atomic mass is 10.0. The van der Waals surface area contributed by atoms with Gasteiger partial charge < -0.3 is 4.42 Å². The van der Waals surface area contributed by atoms with E-state index in [1.165, 1.54) is 14.3 Å². The highest BCUT2D eigenvalue weighted by Gasteiger charge is 2.07. The number of rotatable bonds is 1. The summed E-state index contributed by atoms with van der Waals surface area (Å²) in [6.07, 6.45) is 1.71. The summed E-state index contributed by atoms with van der Waals surface area (Å²) >= 11 is 2.37. The summed E-state index contributed by atoms with van der Waals surface area (Å²) in [6.45, 7) is 0. The van der Waals surface area contributed by atoms with Crippen molar-refractivity contribution in [2.24, 2.45) is 0 Å². The van der Waals surface area contributed by atoms with E-state index < -0.39 is 0 Å².